The lowest BCUT2D eigenvalue weighted by Gasteiger charge is -2.29. The van der Waals surface area contributed by atoms with Crippen LogP contribution in [0.15, 0.2) is 18.2 Å². The molecule has 3 nitrogen and oxygen atoms in total. The fourth-order valence-corrected chi connectivity index (χ4v) is 1.57. The number of aromatic hydroxyl groups is 1. The molecule has 2 rings (SSSR count). The Balaban J connectivity index is 2.33. The minimum atomic E-state index is -0.105. The lowest BCUT2D eigenvalue weighted by atomic mass is 9.95. The molecular formula is C10H13NO2. The third-order valence-electron chi connectivity index (χ3n) is 2.52. The number of nitrogens with one attached hydrogen (secondary N) is 1. The van der Waals surface area contributed by atoms with Crippen LogP contribution in [0.4, 0.5) is 0 Å². The van der Waals surface area contributed by atoms with E-state index in [1.165, 1.54) is 0 Å². The van der Waals surface area contributed by atoms with Crippen molar-refractivity contribution in [3.05, 3.63) is 29.3 Å². The molecule has 0 spiro atoms. The van der Waals surface area contributed by atoms with Crippen molar-refractivity contribution < 1.29 is 10.2 Å². The molecule has 1 fully saturated rings. The fourth-order valence-electron chi connectivity index (χ4n) is 1.57. The molecule has 1 aliphatic rings. The van der Waals surface area contributed by atoms with Crippen LogP contribution < -0.4 is 5.32 Å². The molecule has 0 amide bonds. The molecule has 3 heteroatoms. The van der Waals surface area contributed by atoms with Gasteiger partial charge < -0.3 is 15.5 Å². The number of rotatable bonds is 2. The first-order chi connectivity index (χ1) is 6.33. The summed E-state index contributed by atoms with van der Waals surface area (Å²) in [4.78, 5) is 0. The zero-order valence-electron chi connectivity index (χ0n) is 7.33. The third-order valence-corrected chi connectivity index (χ3v) is 2.52. The number of benzene rings is 1. The van der Waals surface area contributed by atoms with E-state index in [0.717, 1.165) is 18.5 Å². The van der Waals surface area contributed by atoms with E-state index in [2.05, 4.69) is 5.32 Å². The summed E-state index contributed by atoms with van der Waals surface area (Å²) in [6, 6.07) is 5.76. The van der Waals surface area contributed by atoms with Gasteiger partial charge in [0.2, 0.25) is 0 Å². The van der Waals surface area contributed by atoms with Crippen LogP contribution >= 0.6 is 0 Å². The van der Waals surface area contributed by atoms with E-state index in [9.17, 15) is 5.11 Å². The van der Waals surface area contributed by atoms with Gasteiger partial charge in [-0.05, 0) is 13.0 Å². The number of phenols is 1. The van der Waals surface area contributed by atoms with E-state index in [0.29, 0.717) is 5.56 Å². The van der Waals surface area contributed by atoms with Gasteiger partial charge >= 0.3 is 0 Å². The van der Waals surface area contributed by atoms with Gasteiger partial charge in [-0.1, -0.05) is 18.2 Å². The molecule has 1 heterocycles. The largest absolute Gasteiger partial charge is 0.507 e. The standard InChI is InChI=1S/C10H13NO2/c12-6-7-2-1-3-8(10(7)13)9-4-5-11-9/h1-3,9,11-13H,4-6H2/t9-/m1/s1. The van der Waals surface area contributed by atoms with Crippen molar-refractivity contribution in [3.63, 3.8) is 0 Å². The molecule has 13 heavy (non-hydrogen) atoms. The maximum absolute atomic E-state index is 9.72. The number of para-hydroxylation sites is 1. The summed E-state index contributed by atoms with van der Waals surface area (Å²) >= 11 is 0. The van der Waals surface area contributed by atoms with Crippen LogP contribution in [0.3, 0.4) is 0 Å². The average molecular weight is 179 g/mol. The maximum atomic E-state index is 9.72. The topological polar surface area (TPSA) is 52.5 Å². The summed E-state index contributed by atoms with van der Waals surface area (Å²) in [6.07, 6.45) is 1.06. The van der Waals surface area contributed by atoms with Crippen LogP contribution in [0.1, 0.15) is 23.6 Å². The van der Waals surface area contributed by atoms with Crippen LogP contribution in [0.25, 0.3) is 0 Å². The lowest BCUT2D eigenvalue weighted by Crippen LogP contribution is -2.35. The van der Waals surface area contributed by atoms with E-state index in [4.69, 9.17) is 5.11 Å². The van der Waals surface area contributed by atoms with E-state index in [1.54, 1.807) is 6.07 Å². The Morgan fingerprint density at radius 1 is 1.46 bits per heavy atom. The predicted molar refractivity (Wildman–Crippen MR) is 49.4 cm³/mol. The second kappa shape index (κ2) is 3.36. The Kier molecular flexibility index (Phi) is 2.20. The Morgan fingerprint density at radius 3 is 2.77 bits per heavy atom. The molecule has 1 atom stereocenters. The van der Waals surface area contributed by atoms with Gasteiger partial charge in [-0.2, -0.15) is 0 Å². The van der Waals surface area contributed by atoms with E-state index < -0.39 is 0 Å². The summed E-state index contributed by atoms with van der Waals surface area (Å²) in [6.45, 7) is 0.903. The zero-order chi connectivity index (χ0) is 9.26. The molecule has 0 aliphatic carbocycles. The van der Waals surface area contributed by atoms with Crippen molar-refractivity contribution in [2.45, 2.75) is 19.1 Å². The minimum Gasteiger partial charge on any atom is -0.507 e. The molecule has 70 valence electrons. The van der Waals surface area contributed by atoms with Gasteiger partial charge in [0.25, 0.3) is 0 Å². The monoisotopic (exact) mass is 179 g/mol. The normalized spacial score (nSPS) is 21.2. The highest BCUT2D eigenvalue weighted by atomic mass is 16.3. The Bertz CT molecular complexity index is 308. The van der Waals surface area contributed by atoms with Crippen molar-refractivity contribution in [1.29, 1.82) is 0 Å². The molecule has 1 aromatic carbocycles. The molecular weight excluding hydrogens is 166 g/mol. The van der Waals surface area contributed by atoms with Crippen LogP contribution in [-0.2, 0) is 6.61 Å². The highest BCUT2D eigenvalue weighted by Gasteiger charge is 2.22. The summed E-state index contributed by atoms with van der Waals surface area (Å²) in [5.41, 5.74) is 1.50. The highest BCUT2D eigenvalue weighted by molar-refractivity contribution is 5.42. The number of aliphatic hydroxyl groups excluding tert-OH is 1. The van der Waals surface area contributed by atoms with Gasteiger partial charge in [-0.25, -0.2) is 0 Å². The van der Waals surface area contributed by atoms with Crippen molar-refractivity contribution in [2.24, 2.45) is 0 Å². The fraction of sp³-hybridized carbons (Fsp3) is 0.400. The van der Waals surface area contributed by atoms with Crippen LogP contribution in [-0.4, -0.2) is 16.8 Å². The van der Waals surface area contributed by atoms with E-state index in [1.807, 2.05) is 12.1 Å². The van der Waals surface area contributed by atoms with Crippen LogP contribution in [0.5, 0.6) is 5.75 Å². The zero-order valence-corrected chi connectivity index (χ0v) is 7.33. The first-order valence-corrected chi connectivity index (χ1v) is 4.48. The second-order valence-electron chi connectivity index (χ2n) is 3.31. The molecule has 0 aromatic heterocycles. The van der Waals surface area contributed by atoms with Crippen molar-refractivity contribution in [1.82, 2.24) is 5.32 Å². The Morgan fingerprint density at radius 2 is 2.23 bits per heavy atom. The second-order valence-corrected chi connectivity index (χ2v) is 3.31. The molecule has 0 radical (unpaired) electrons. The molecule has 0 saturated carbocycles. The summed E-state index contributed by atoms with van der Waals surface area (Å²) in [7, 11) is 0. The van der Waals surface area contributed by atoms with Crippen molar-refractivity contribution in [3.8, 4) is 5.75 Å². The Hall–Kier alpha value is -1.06. The SMILES string of the molecule is OCc1cccc([C@H]2CCN2)c1O. The molecule has 1 aromatic rings. The molecule has 0 unspecified atom stereocenters. The number of hydrogen-bond donors (Lipinski definition) is 3. The highest BCUT2D eigenvalue weighted by Crippen LogP contribution is 2.32. The van der Waals surface area contributed by atoms with Crippen LogP contribution in [0.2, 0.25) is 0 Å². The van der Waals surface area contributed by atoms with E-state index in [-0.39, 0.29) is 18.4 Å². The van der Waals surface area contributed by atoms with Gasteiger partial charge in [0, 0.05) is 17.2 Å². The Labute approximate surface area is 77.0 Å². The first kappa shape index (κ1) is 8.53. The molecule has 1 saturated heterocycles. The minimum absolute atomic E-state index is 0.105. The van der Waals surface area contributed by atoms with Gasteiger partial charge in [-0.3, -0.25) is 0 Å². The maximum Gasteiger partial charge on any atom is 0.125 e. The molecule has 0 bridgehead atoms. The van der Waals surface area contributed by atoms with E-state index >= 15 is 0 Å². The van der Waals surface area contributed by atoms with Crippen molar-refractivity contribution in [2.75, 3.05) is 6.54 Å². The summed E-state index contributed by atoms with van der Waals surface area (Å²) in [5, 5.41) is 21.9. The quantitative estimate of drug-likeness (QED) is 0.632. The van der Waals surface area contributed by atoms with Gasteiger partial charge in [0.15, 0.2) is 0 Å². The predicted octanol–water partition coefficient (Wildman–Crippen LogP) is 0.919. The number of hydrogen-bond acceptors (Lipinski definition) is 3. The molecule has 1 aliphatic heterocycles. The average Bonchev–Trinajstić information content (AvgIpc) is 2.05. The third kappa shape index (κ3) is 1.41. The molecule has 3 N–H and O–H groups in total. The first-order valence-electron chi connectivity index (χ1n) is 4.48. The summed E-state index contributed by atoms with van der Waals surface area (Å²) in [5.74, 6) is 0.238. The lowest BCUT2D eigenvalue weighted by molar-refractivity contribution is 0.273. The number of aliphatic hydroxyl groups is 1. The van der Waals surface area contributed by atoms with Gasteiger partial charge in [0.05, 0.1) is 6.61 Å². The van der Waals surface area contributed by atoms with Crippen molar-refractivity contribution >= 4 is 0 Å². The van der Waals surface area contributed by atoms with Gasteiger partial charge in [0.1, 0.15) is 5.75 Å². The smallest absolute Gasteiger partial charge is 0.125 e. The van der Waals surface area contributed by atoms with Crippen LogP contribution in [0, 0.1) is 0 Å². The summed E-state index contributed by atoms with van der Waals surface area (Å²) < 4.78 is 0. The van der Waals surface area contributed by atoms with Gasteiger partial charge in [-0.15, -0.1) is 0 Å².